The van der Waals surface area contributed by atoms with Gasteiger partial charge in [-0.2, -0.15) is 0 Å². The number of methoxy groups -OCH3 is 1. The number of hydrogen-bond acceptors (Lipinski definition) is 4. The molecule has 1 amide bonds. The van der Waals surface area contributed by atoms with Crippen LogP contribution in [0.15, 0.2) is 24.3 Å². The summed E-state index contributed by atoms with van der Waals surface area (Å²) in [6.45, 7) is 4.39. The van der Waals surface area contributed by atoms with E-state index in [1.54, 1.807) is 19.2 Å². The van der Waals surface area contributed by atoms with Crippen LogP contribution < -0.4 is 20.5 Å². The van der Waals surface area contributed by atoms with Gasteiger partial charge in [-0.1, -0.05) is 26.0 Å². The van der Waals surface area contributed by atoms with Gasteiger partial charge in [0.2, 0.25) is 0 Å². The second-order valence-corrected chi connectivity index (χ2v) is 4.68. The quantitative estimate of drug-likeness (QED) is 0.760. The van der Waals surface area contributed by atoms with E-state index in [0.29, 0.717) is 18.0 Å². The van der Waals surface area contributed by atoms with Crippen molar-refractivity contribution in [3.63, 3.8) is 0 Å². The second-order valence-electron chi connectivity index (χ2n) is 4.68. The highest BCUT2D eigenvalue weighted by Gasteiger charge is 2.26. The SMILES string of the molecule is CCC(CC)(CN)NC(=O)COc1ccccc1OC. The summed E-state index contributed by atoms with van der Waals surface area (Å²) in [5.74, 6) is 0.984. The van der Waals surface area contributed by atoms with Gasteiger partial charge in [-0.3, -0.25) is 4.79 Å². The maximum Gasteiger partial charge on any atom is 0.258 e. The van der Waals surface area contributed by atoms with Gasteiger partial charge in [-0.15, -0.1) is 0 Å². The lowest BCUT2D eigenvalue weighted by atomic mass is 9.93. The molecular formula is C15H24N2O3. The van der Waals surface area contributed by atoms with Gasteiger partial charge in [0, 0.05) is 6.54 Å². The first-order chi connectivity index (χ1) is 9.60. The second kappa shape index (κ2) is 7.75. The molecule has 1 aromatic rings. The molecule has 0 aliphatic heterocycles. The zero-order chi connectivity index (χ0) is 15.0. The topological polar surface area (TPSA) is 73.6 Å². The van der Waals surface area contributed by atoms with E-state index in [9.17, 15) is 4.79 Å². The number of amides is 1. The highest BCUT2D eigenvalue weighted by atomic mass is 16.5. The van der Waals surface area contributed by atoms with Crippen molar-refractivity contribution in [2.75, 3.05) is 20.3 Å². The molecule has 0 fully saturated rings. The molecule has 3 N–H and O–H groups in total. The molecule has 0 unspecified atom stereocenters. The Bertz CT molecular complexity index is 423. The lowest BCUT2D eigenvalue weighted by Crippen LogP contribution is -2.54. The minimum atomic E-state index is -0.346. The van der Waals surface area contributed by atoms with E-state index < -0.39 is 0 Å². The maximum absolute atomic E-state index is 12.0. The molecule has 0 aliphatic rings. The van der Waals surface area contributed by atoms with Crippen molar-refractivity contribution in [3.8, 4) is 11.5 Å². The summed E-state index contributed by atoms with van der Waals surface area (Å²) in [6.07, 6.45) is 1.58. The molecular weight excluding hydrogens is 256 g/mol. The van der Waals surface area contributed by atoms with E-state index in [-0.39, 0.29) is 18.1 Å². The third-order valence-corrected chi connectivity index (χ3v) is 3.58. The minimum Gasteiger partial charge on any atom is -0.493 e. The predicted octanol–water partition coefficient (Wildman–Crippen LogP) is 1.71. The van der Waals surface area contributed by atoms with E-state index in [0.717, 1.165) is 12.8 Å². The van der Waals surface area contributed by atoms with Gasteiger partial charge in [0.15, 0.2) is 18.1 Å². The van der Waals surface area contributed by atoms with Crippen LogP contribution in [0.4, 0.5) is 0 Å². The van der Waals surface area contributed by atoms with Crippen LogP contribution in [0.1, 0.15) is 26.7 Å². The number of benzene rings is 1. The van der Waals surface area contributed by atoms with Crippen molar-refractivity contribution in [2.45, 2.75) is 32.2 Å². The van der Waals surface area contributed by atoms with Gasteiger partial charge in [0.25, 0.3) is 5.91 Å². The summed E-state index contributed by atoms with van der Waals surface area (Å²) < 4.78 is 10.7. The van der Waals surface area contributed by atoms with E-state index in [1.807, 2.05) is 26.0 Å². The number of ether oxygens (including phenoxy) is 2. The van der Waals surface area contributed by atoms with Crippen LogP contribution in [0.5, 0.6) is 11.5 Å². The molecule has 0 aromatic heterocycles. The standard InChI is InChI=1S/C15H24N2O3/c1-4-15(5-2,11-16)17-14(18)10-20-13-9-7-6-8-12(13)19-3/h6-9H,4-5,10-11,16H2,1-3H3,(H,17,18). The summed E-state index contributed by atoms with van der Waals surface area (Å²) in [6, 6.07) is 7.23. The molecule has 0 saturated heterocycles. The van der Waals surface area contributed by atoms with Crippen LogP contribution in [0.2, 0.25) is 0 Å². The number of carbonyl (C=O) groups is 1. The molecule has 5 nitrogen and oxygen atoms in total. The lowest BCUT2D eigenvalue weighted by Gasteiger charge is -2.31. The maximum atomic E-state index is 12.0. The number of hydrogen-bond donors (Lipinski definition) is 2. The summed E-state index contributed by atoms with van der Waals surface area (Å²) >= 11 is 0. The summed E-state index contributed by atoms with van der Waals surface area (Å²) in [4.78, 5) is 12.0. The Balaban J connectivity index is 2.59. The number of nitrogens with two attached hydrogens (primary N) is 1. The van der Waals surface area contributed by atoms with Gasteiger partial charge < -0.3 is 20.5 Å². The Morgan fingerprint density at radius 1 is 1.25 bits per heavy atom. The van der Waals surface area contributed by atoms with Gasteiger partial charge >= 0.3 is 0 Å². The molecule has 20 heavy (non-hydrogen) atoms. The van der Waals surface area contributed by atoms with Crippen LogP contribution in [0.25, 0.3) is 0 Å². The third kappa shape index (κ3) is 4.13. The van der Waals surface area contributed by atoms with Crippen molar-refractivity contribution in [3.05, 3.63) is 24.3 Å². The lowest BCUT2D eigenvalue weighted by molar-refractivity contribution is -0.125. The molecule has 1 rings (SSSR count). The van der Waals surface area contributed by atoms with Crippen molar-refractivity contribution in [1.82, 2.24) is 5.32 Å². The minimum absolute atomic E-state index is 0.0534. The molecule has 0 aliphatic carbocycles. The Labute approximate surface area is 120 Å². The monoisotopic (exact) mass is 280 g/mol. The van der Waals surface area contributed by atoms with E-state index in [4.69, 9.17) is 15.2 Å². The van der Waals surface area contributed by atoms with Crippen molar-refractivity contribution in [1.29, 1.82) is 0 Å². The zero-order valence-electron chi connectivity index (χ0n) is 12.4. The number of nitrogens with one attached hydrogen (secondary N) is 1. The molecule has 0 spiro atoms. The van der Waals surface area contributed by atoms with Gasteiger partial charge in [0.05, 0.1) is 12.6 Å². The van der Waals surface area contributed by atoms with Crippen molar-refractivity contribution < 1.29 is 14.3 Å². The summed E-state index contributed by atoms with van der Waals surface area (Å²) in [7, 11) is 1.57. The number of rotatable bonds is 8. The smallest absolute Gasteiger partial charge is 0.258 e. The van der Waals surface area contributed by atoms with Crippen LogP contribution >= 0.6 is 0 Å². The molecule has 5 heteroatoms. The van der Waals surface area contributed by atoms with Crippen LogP contribution in [-0.2, 0) is 4.79 Å². The molecule has 0 heterocycles. The van der Waals surface area contributed by atoms with Crippen LogP contribution in [-0.4, -0.2) is 31.7 Å². The average molecular weight is 280 g/mol. The molecule has 112 valence electrons. The number of para-hydroxylation sites is 2. The summed E-state index contributed by atoms with van der Waals surface area (Å²) in [5.41, 5.74) is 5.41. The van der Waals surface area contributed by atoms with Crippen molar-refractivity contribution >= 4 is 5.91 Å². The van der Waals surface area contributed by atoms with Gasteiger partial charge in [-0.25, -0.2) is 0 Å². The highest BCUT2D eigenvalue weighted by Crippen LogP contribution is 2.25. The first-order valence-corrected chi connectivity index (χ1v) is 6.87. The number of carbonyl (C=O) groups excluding carboxylic acids is 1. The Morgan fingerprint density at radius 2 is 1.85 bits per heavy atom. The zero-order valence-corrected chi connectivity index (χ0v) is 12.4. The third-order valence-electron chi connectivity index (χ3n) is 3.58. The first-order valence-electron chi connectivity index (χ1n) is 6.87. The molecule has 0 atom stereocenters. The van der Waals surface area contributed by atoms with Crippen LogP contribution in [0, 0.1) is 0 Å². The summed E-state index contributed by atoms with van der Waals surface area (Å²) in [5, 5.41) is 2.96. The fourth-order valence-corrected chi connectivity index (χ4v) is 1.98. The predicted molar refractivity (Wildman–Crippen MR) is 79.0 cm³/mol. The van der Waals surface area contributed by atoms with E-state index >= 15 is 0 Å². The Kier molecular flexibility index (Phi) is 6.31. The fraction of sp³-hybridized carbons (Fsp3) is 0.533. The van der Waals surface area contributed by atoms with Crippen molar-refractivity contribution in [2.24, 2.45) is 5.73 Å². The fourth-order valence-electron chi connectivity index (χ4n) is 1.98. The largest absolute Gasteiger partial charge is 0.493 e. The molecule has 0 bridgehead atoms. The molecule has 0 saturated carbocycles. The van der Waals surface area contributed by atoms with E-state index in [1.165, 1.54) is 0 Å². The molecule has 1 aromatic carbocycles. The van der Waals surface area contributed by atoms with E-state index in [2.05, 4.69) is 5.32 Å². The van der Waals surface area contributed by atoms with Gasteiger partial charge in [0.1, 0.15) is 0 Å². The molecule has 0 radical (unpaired) electrons. The van der Waals surface area contributed by atoms with Gasteiger partial charge in [-0.05, 0) is 25.0 Å². The Morgan fingerprint density at radius 3 is 2.35 bits per heavy atom. The normalized spacial score (nSPS) is 11.0. The van der Waals surface area contributed by atoms with Crippen LogP contribution in [0.3, 0.4) is 0 Å². The average Bonchev–Trinajstić information content (AvgIpc) is 2.51. The Hall–Kier alpha value is -1.75. The highest BCUT2D eigenvalue weighted by molar-refractivity contribution is 5.78. The first kappa shape index (κ1) is 16.3.